The molecule has 0 bridgehead atoms. The third-order valence-corrected chi connectivity index (χ3v) is 7.72. The minimum Gasteiger partial charge on any atom is -0.507 e. The summed E-state index contributed by atoms with van der Waals surface area (Å²) in [6.07, 6.45) is 5.53. The monoisotopic (exact) mass is 636 g/mol. The van der Waals surface area contributed by atoms with Crippen LogP contribution in [0.25, 0.3) is 0 Å². The lowest BCUT2D eigenvalue weighted by molar-refractivity contribution is 0.0844. The van der Waals surface area contributed by atoms with E-state index in [9.17, 15) is 29.4 Å². The summed E-state index contributed by atoms with van der Waals surface area (Å²) in [4.78, 5) is 51.5. The van der Waals surface area contributed by atoms with E-state index in [1.54, 1.807) is 36.4 Å². The normalized spacial score (nSPS) is 10.6. The number of benzene rings is 4. The van der Waals surface area contributed by atoms with E-state index in [2.05, 4.69) is 35.6 Å². The molecule has 0 spiro atoms. The van der Waals surface area contributed by atoms with Crippen molar-refractivity contribution in [3.05, 3.63) is 129 Å². The van der Waals surface area contributed by atoms with E-state index in [1.165, 1.54) is 24.3 Å². The van der Waals surface area contributed by atoms with Gasteiger partial charge in [0, 0.05) is 11.1 Å². The van der Waals surface area contributed by atoms with Crippen LogP contribution in [0.15, 0.2) is 84.9 Å². The largest absolute Gasteiger partial charge is 0.507 e. The summed E-state index contributed by atoms with van der Waals surface area (Å²) in [7, 11) is 0. The first-order chi connectivity index (χ1) is 22.7. The maximum atomic E-state index is 12.9. The molecule has 0 radical (unpaired) electrons. The van der Waals surface area contributed by atoms with Crippen molar-refractivity contribution in [3.8, 4) is 11.5 Å². The van der Waals surface area contributed by atoms with Gasteiger partial charge in [0.25, 0.3) is 23.6 Å². The van der Waals surface area contributed by atoms with Gasteiger partial charge in [-0.1, -0.05) is 75.2 Å². The van der Waals surface area contributed by atoms with E-state index < -0.39 is 23.6 Å². The number of hydrogen-bond acceptors (Lipinski definition) is 6. The fourth-order valence-electron chi connectivity index (χ4n) is 5.14. The van der Waals surface area contributed by atoms with Crippen LogP contribution in [-0.2, 0) is 19.3 Å². The second kappa shape index (κ2) is 16.6. The lowest BCUT2D eigenvalue weighted by Gasteiger charge is -2.13. The Hall–Kier alpha value is -5.64. The topological polar surface area (TPSA) is 157 Å². The van der Waals surface area contributed by atoms with Gasteiger partial charge in [-0.2, -0.15) is 0 Å². The fraction of sp³-hybridized carbons (Fsp3) is 0.243. The Morgan fingerprint density at radius 1 is 0.511 bits per heavy atom. The van der Waals surface area contributed by atoms with Gasteiger partial charge < -0.3 is 10.2 Å². The van der Waals surface area contributed by atoms with Crippen LogP contribution in [0.3, 0.4) is 0 Å². The zero-order chi connectivity index (χ0) is 33.8. The van der Waals surface area contributed by atoms with Crippen molar-refractivity contribution in [1.82, 2.24) is 21.7 Å². The summed E-state index contributed by atoms with van der Waals surface area (Å²) in [5.74, 6) is -2.90. The Morgan fingerprint density at radius 3 is 1.26 bits per heavy atom. The zero-order valence-electron chi connectivity index (χ0n) is 26.6. The van der Waals surface area contributed by atoms with Gasteiger partial charge in [-0.25, -0.2) is 0 Å². The number of amides is 4. The summed E-state index contributed by atoms with van der Waals surface area (Å²) >= 11 is 0. The molecule has 4 aromatic rings. The van der Waals surface area contributed by atoms with Crippen molar-refractivity contribution in [1.29, 1.82) is 0 Å². The lowest BCUT2D eigenvalue weighted by Crippen LogP contribution is -2.42. The molecule has 244 valence electrons. The quantitative estimate of drug-likeness (QED) is 0.112. The van der Waals surface area contributed by atoms with Crippen molar-refractivity contribution >= 4 is 23.6 Å². The van der Waals surface area contributed by atoms with E-state index in [0.29, 0.717) is 22.3 Å². The van der Waals surface area contributed by atoms with E-state index in [0.717, 1.165) is 49.7 Å². The average Bonchev–Trinajstić information content (AvgIpc) is 3.09. The van der Waals surface area contributed by atoms with Crippen LogP contribution in [0.4, 0.5) is 0 Å². The molecule has 4 amide bonds. The highest BCUT2D eigenvalue weighted by atomic mass is 16.3. The number of phenols is 2. The molecule has 4 rings (SSSR count). The van der Waals surface area contributed by atoms with Crippen molar-refractivity contribution in [2.75, 3.05) is 0 Å². The minimum absolute atomic E-state index is 0.0549. The van der Waals surface area contributed by atoms with Gasteiger partial charge >= 0.3 is 0 Å². The van der Waals surface area contributed by atoms with Crippen molar-refractivity contribution in [2.45, 2.75) is 58.8 Å². The van der Waals surface area contributed by atoms with Gasteiger partial charge in [-0.15, -0.1) is 0 Å². The third-order valence-electron chi connectivity index (χ3n) is 7.72. The molecule has 0 heterocycles. The number of carbonyl (C=O) groups is 4. The SMILES string of the molecule is CCCCc1ccccc1C(=O)NNC(=O)c1cc(Cc2ccc(O)c(C(=O)NNC(=O)c3ccccc3CCCC)c2)ccc1O. The third kappa shape index (κ3) is 9.20. The molecule has 47 heavy (non-hydrogen) atoms. The predicted molar refractivity (Wildman–Crippen MR) is 179 cm³/mol. The minimum atomic E-state index is -0.707. The second-order valence-electron chi connectivity index (χ2n) is 11.2. The summed E-state index contributed by atoms with van der Waals surface area (Å²) < 4.78 is 0. The number of aryl methyl sites for hydroxylation is 2. The van der Waals surface area contributed by atoms with Crippen LogP contribution in [0.5, 0.6) is 11.5 Å². The van der Waals surface area contributed by atoms with Crippen LogP contribution in [-0.4, -0.2) is 33.8 Å². The highest BCUT2D eigenvalue weighted by Gasteiger charge is 2.18. The number of nitrogens with one attached hydrogen (secondary N) is 4. The fourth-order valence-corrected chi connectivity index (χ4v) is 5.14. The van der Waals surface area contributed by atoms with Crippen LogP contribution in [0, 0.1) is 0 Å². The number of carbonyl (C=O) groups excluding carboxylic acids is 4. The molecule has 0 aliphatic carbocycles. The summed E-state index contributed by atoms with van der Waals surface area (Å²) in [5, 5.41) is 20.8. The predicted octanol–water partition coefficient (Wildman–Crippen LogP) is 5.52. The van der Waals surface area contributed by atoms with E-state index in [-0.39, 0.29) is 29.0 Å². The highest BCUT2D eigenvalue weighted by molar-refractivity contribution is 6.02. The Balaban J connectivity index is 1.40. The van der Waals surface area contributed by atoms with Crippen LogP contribution in [0.2, 0.25) is 0 Å². The molecular formula is C37H40N4O6. The van der Waals surface area contributed by atoms with Crippen LogP contribution >= 0.6 is 0 Å². The Kier molecular flexibility index (Phi) is 12.1. The van der Waals surface area contributed by atoms with E-state index >= 15 is 0 Å². The smallest absolute Gasteiger partial charge is 0.273 e. The van der Waals surface area contributed by atoms with Gasteiger partial charge in [-0.3, -0.25) is 40.9 Å². The van der Waals surface area contributed by atoms with Gasteiger partial charge in [-0.05, 0) is 90.8 Å². The highest BCUT2D eigenvalue weighted by Crippen LogP contribution is 2.24. The molecule has 0 saturated carbocycles. The molecule has 0 aliphatic heterocycles. The van der Waals surface area contributed by atoms with Crippen molar-refractivity contribution < 1.29 is 29.4 Å². The number of hydrazine groups is 2. The standard InChI is InChI=1S/C37H40N4O6/c1-3-5-11-26-13-7-9-15-28(26)34(44)38-40-36(46)30-22-24(17-19-32(30)42)21-25-18-20-33(43)31(23-25)37(47)41-39-35(45)29-16-10-8-14-27(29)12-6-4-2/h7-10,13-20,22-23,42-43H,3-6,11-12,21H2,1-2H3,(H,38,44)(H,39,45)(H,40,46)(H,41,47). The molecule has 0 atom stereocenters. The maximum Gasteiger partial charge on any atom is 0.273 e. The molecule has 10 heteroatoms. The van der Waals surface area contributed by atoms with Gasteiger partial charge in [0.1, 0.15) is 11.5 Å². The first-order valence-corrected chi connectivity index (χ1v) is 15.7. The zero-order valence-corrected chi connectivity index (χ0v) is 26.6. The summed E-state index contributed by atoms with van der Waals surface area (Å²) in [6.45, 7) is 4.14. The Bertz CT molecular complexity index is 1630. The second-order valence-corrected chi connectivity index (χ2v) is 11.2. The molecule has 0 aliphatic rings. The van der Waals surface area contributed by atoms with Gasteiger partial charge in [0.2, 0.25) is 0 Å². The van der Waals surface area contributed by atoms with Crippen molar-refractivity contribution in [2.24, 2.45) is 0 Å². The number of hydrogen-bond donors (Lipinski definition) is 6. The summed E-state index contributed by atoms with van der Waals surface area (Å²) in [6, 6.07) is 23.3. The number of unbranched alkanes of at least 4 members (excludes halogenated alkanes) is 2. The average molecular weight is 637 g/mol. The number of phenolic OH excluding ortho intramolecular Hbond substituents is 2. The molecule has 6 N–H and O–H groups in total. The molecule has 4 aromatic carbocycles. The van der Waals surface area contributed by atoms with Crippen LogP contribution in [0.1, 0.15) is 103 Å². The Morgan fingerprint density at radius 2 is 0.872 bits per heavy atom. The molecule has 10 nitrogen and oxygen atoms in total. The Labute approximate surface area is 274 Å². The molecule has 0 aromatic heterocycles. The molecule has 0 unspecified atom stereocenters. The number of rotatable bonds is 12. The first-order valence-electron chi connectivity index (χ1n) is 15.7. The van der Waals surface area contributed by atoms with Gasteiger partial charge in [0.05, 0.1) is 11.1 Å². The number of aromatic hydroxyl groups is 2. The molecule has 0 saturated heterocycles. The first kappa shape index (κ1) is 34.2. The van der Waals surface area contributed by atoms with Crippen molar-refractivity contribution in [3.63, 3.8) is 0 Å². The van der Waals surface area contributed by atoms with E-state index in [1.807, 2.05) is 24.3 Å². The van der Waals surface area contributed by atoms with Crippen LogP contribution < -0.4 is 21.7 Å². The summed E-state index contributed by atoms with van der Waals surface area (Å²) in [5.41, 5.74) is 13.4. The van der Waals surface area contributed by atoms with Gasteiger partial charge in [0.15, 0.2) is 0 Å². The lowest BCUT2D eigenvalue weighted by atomic mass is 9.99. The van der Waals surface area contributed by atoms with E-state index in [4.69, 9.17) is 0 Å². The molecular weight excluding hydrogens is 596 g/mol. The maximum absolute atomic E-state index is 12.9. The molecule has 0 fully saturated rings.